The molecular weight excluding hydrogens is 256 g/mol. The zero-order valence-electron chi connectivity index (χ0n) is 11.7. The Kier molecular flexibility index (Phi) is 3.68. The van der Waals surface area contributed by atoms with Crippen molar-refractivity contribution in [2.24, 2.45) is 0 Å². The number of aromatic amines is 1. The third kappa shape index (κ3) is 2.40. The van der Waals surface area contributed by atoms with Gasteiger partial charge in [0.1, 0.15) is 12.1 Å². The van der Waals surface area contributed by atoms with Crippen molar-refractivity contribution in [2.75, 3.05) is 24.5 Å². The fourth-order valence-corrected chi connectivity index (χ4v) is 2.75. The van der Waals surface area contributed by atoms with Crippen LogP contribution in [-0.4, -0.2) is 45.3 Å². The molecule has 1 unspecified atom stereocenters. The Labute approximate surface area is 117 Å². The molecule has 0 amide bonds. The number of hydrogen-bond donors (Lipinski definition) is 2. The quantitative estimate of drug-likeness (QED) is 0.772. The molecule has 7 heteroatoms. The van der Waals surface area contributed by atoms with Gasteiger partial charge in [0.25, 0.3) is 0 Å². The first-order chi connectivity index (χ1) is 9.79. The van der Waals surface area contributed by atoms with Gasteiger partial charge in [0.2, 0.25) is 0 Å². The van der Waals surface area contributed by atoms with Gasteiger partial charge in [-0.3, -0.25) is 0 Å². The number of hydrogen-bond acceptors (Lipinski definition) is 5. The Hall–Kier alpha value is -1.89. The van der Waals surface area contributed by atoms with Crippen LogP contribution in [0.1, 0.15) is 26.2 Å². The number of nitrogens with zero attached hydrogens (tertiary/aromatic N) is 4. The van der Waals surface area contributed by atoms with Gasteiger partial charge < -0.3 is 10.2 Å². The van der Waals surface area contributed by atoms with Gasteiger partial charge in [-0.15, -0.1) is 0 Å². The molecule has 108 valence electrons. The van der Waals surface area contributed by atoms with Crippen molar-refractivity contribution in [3.8, 4) is 0 Å². The van der Waals surface area contributed by atoms with Gasteiger partial charge in [0, 0.05) is 25.2 Å². The highest BCUT2D eigenvalue weighted by Gasteiger charge is 2.25. The van der Waals surface area contributed by atoms with E-state index in [1.54, 1.807) is 6.33 Å². The van der Waals surface area contributed by atoms with E-state index in [1.165, 1.54) is 17.2 Å². The third-order valence-corrected chi connectivity index (χ3v) is 3.77. The van der Waals surface area contributed by atoms with E-state index >= 15 is 0 Å². The number of aromatic nitrogens is 4. The summed E-state index contributed by atoms with van der Waals surface area (Å²) in [5.41, 5.74) is 0.369. The lowest BCUT2D eigenvalue weighted by molar-refractivity contribution is 0.568. The fraction of sp³-hybridized carbons (Fsp3) is 0.615. The van der Waals surface area contributed by atoms with E-state index in [0.29, 0.717) is 11.7 Å². The van der Waals surface area contributed by atoms with E-state index in [1.807, 2.05) is 6.07 Å². The van der Waals surface area contributed by atoms with Gasteiger partial charge in [-0.25, -0.2) is 19.3 Å². The summed E-state index contributed by atoms with van der Waals surface area (Å²) in [4.78, 5) is 18.1. The van der Waals surface area contributed by atoms with E-state index in [0.717, 1.165) is 31.9 Å². The van der Waals surface area contributed by atoms with E-state index in [9.17, 15) is 4.79 Å². The van der Waals surface area contributed by atoms with Crippen molar-refractivity contribution in [3.05, 3.63) is 22.9 Å². The highest BCUT2D eigenvalue weighted by molar-refractivity contribution is 5.51. The highest BCUT2D eigenvalue weighted by Crippen LogP contribution is 2.23. The molecule has 3 rings (SSSR count). The van der Waals surface area contributed by atoms with Gasteiger partial charge in [-0.05, 0) is 25.8 Å². The second kappa shape index (κ2) is 5.62. The van der Waals surface area contributed by atoms with E-state index < -0.39 is 0 Å². The summed E-state index contributed by atoms with van der Waals surface area (Å²) in [7, 11) is 0. The van der Waals surface area contributed by atoms with Crippen LogP contribution in [-0.2, 0) is 0 Å². The highest BCUT2D eigenvalue weighted by atomic mass is 16.1. The second-order valence-electron chi connectivity index (χ2n) is 5.20. The molecule has 2 aromatic heterocycles. The number of H-pyrrole nitrogens is 1. The van der Waals surface area contributed by atoms with Crippen molar-refractivity contribution in [3.63, 3.8) is 0 Å². The molecule has 1 aliphatic heterocycles. The largest absolute Gasteiger partial charge is 0.352 e. The maximum absolute atomic E-state index is 11.4. The number of fused-ring (bicyclic) bond motifs is 1. The van der Waals surface area contributed by atoms with Gasteiger partial charge >= 0.3 is 5.69 Å². The average molecular weight is 276 g/mol. The molecule has 0 aliphatic carbocycles. The van der Waals surface area contributed by atoms with Crippen LogP contribution in [0.2, 0.25) is 0 Å². The van der Waals surface area contributed by atoms with E-state index in [4.69, 9.17) is 0 Å². The second-order valence-corrected chi connectivity index (χ2v) is 5.20. The number of nitrogens with one attached hydrogen (secondary N) is 2. The molecule has 0 spiro atoms. The molecule has 0 bridgehead atoms. The minimum absolute atomic E-state index is 0.248. The molecule has 2 aromatic rings. The normalized spacial score (nSPS) is 19.1. The summed E-state index contributed by atoms with van der Waals surface area (Å²) in [6, 6.07) is 2.35. The van der Waals surface area contributed by atoms with Crippen LogP contribution < -0.4 is 15.9 Å². The van der Waals surface area contributed by atoms with Crippen LogP contribution in [0.4, 0.5) is 5.82 Å². The molecule has 20 heavy (non-hydrogen) atoms. The number of anilines is 1. The van der Waals surface area contributed by atoms with Crippen LogP contribution in [0.5, 0.6) is 0 Å². The average Bonchev–Trinajstić information content (AvgIpc) is 3.06. The topological polar surface area (TPSA) is 78.3 Å². The summed E-state index contributed by atoms with van der Waals surface area (Å²) >= 11 is 0. The molecule has 1 aliphatic rings. The third-order valence-electron chi connectivity index (χ3n) is 3.77. The van der Waals surface area contributed by atoms with Gasteiger partial charge in [-0.1, -0.05) is 6.92 Å². The van der Waals surface area contributed by atoms with Crippen molar-refractivity contribution in [2.45, 2.75) is 32.2 Å². The summed E-state index contributed by atoms with van der Waals surface area (Å²) < 4.78 is 1.42. The minimum Gasteiger partial charge on any atom is -0.352 e. The lowest BCUT2D eigenvalue weighted by Gasteiger charge is -2.25. The van der Waals surface area contributed by atoms with Crippen LogP contribution in [0, 0.1) is 0 Å². The van der Waals surface area contributed by atoms with Crippen molar-refractivity contribution in [1.82, 2.24) is 24.9 Å². The van der Waals surface area contributed by atoms with E-state index in [-0.39, 0.29) is 5.69 Å². The predicted molar refractivity (Wildman–Crippen MR) is 77.1 cm³/mol. The van der Waals surface area contributed by atoms with Crippen LogP contribution in [0.25, 0.3) is 5.65 Å². The Bertz CT molecular complexity index is 633. The monoisotopic (exact) mass is 276 g/mol. The first-order valence-electron chi connectivity index (χ1n) is 7.19. The molecule has 0 radical (unpaired) electrons. The first kappa shape index (κ1) is 13.1. The zero-order valence-corrected chi connectivity index (χ0v) is 11.7. The zero-order chi connectivity index (χ0) is 13.9. The molecule has 1 saturated heterocycles. The SMILES string of the molecule is CCCNCC1CCCN1c1cc2n[nH]c(=O)n2cn1. The maximum Gasteiger partial charge on any atom is 0.348 e. The van der Waals surface area contributed by atoms with Crippen LogP contribution in [0.3, 0.4) is 0 Å². The van der Waals surface area contributed by atoms with Crippen molar-refractivity contribution >= 4 is 11.5 Å². The van der Waals surface area contributed by atoms with E-state index in [2.05, 4.69) is 32.3 Å². The van der Waals surface area contributed by atoms with Gasteiger partial charge in [0.05, 0.1) is 0 Å². The molecule has 1 fully saturated rings. The first-order valence-corrected chi connectivity index (χ1v) is 7.19. The molecule has 1 atom stereocenters. The smallest absolute Gasteiger partial charge is 0.348 e. The Morgan fingerprint density at radius 2 is 2.45 bits per heavy atom. The van der Waals surface area contributed by atoms with Gasteiger partial charge in [-0.2, -0.15) is 5.10 Å². The molecule has 3 heterocycles. The number of rotatable bonds is 5. The Morgan fingerprint density at radius 3 is 3.30 bits per heavy atom. The van der Waals surface area contributed by atoms with Crippen LogP contribution in [0.15, 0.2) is 17.2 Å². The summed E-state index contributed by atoms with van der Waals surface area (Å²) in [5.74, 6) is 0.900. The van der Waals surface area contributed by atoms with Gasteiger partial charge in [0.15, 0.2) is 5.65 Å². The maximum atomic E-state index is 11.4. The lowest BCUT2D eigenvalue weighted by Crippen LogP contribution is -2.38. The van der Waals surface area contributed by atoms with Crippen LogP contribution >= 0.6 is 0 Å². The molecule has 2 N–H and O–H groups in total. The van der Waals surface area contributed by atoms with Crippen molar-refractivity contribution in [1.29, 1.82) is 0 Å². The predicted octanol–water partition coefficient (Wildman–Crippen LogP) is 0.386. The summed E-state index contributed by atoms with van der Waals surface area (Å²) in [6.45, 7) is 5.21. The Morgan fingerprint density at radius 1 is 1.55 bits per heavy atom. The minimum atomic E-state index is -0.248. The Balaban J connectivity index is 1.80. The molecular formula is C13H20N6O. The lowest BCUT2D eigenvalue weighted by atomic mass is 10.2. The summed E-state index contributed by atoms with van der Waals surface area (Å²) in [6.07, 6.45) is 5.05. The molecule has 7 nitrogen and oxygen atoms in total. The molecule has 0 saturated carbocycles. The van der Waals surface area contributed by atoms with Crippen molar-refractivity contribution < 1.29 is 0 Å². The summed E-state index contributed by atoms with van der Waals surface area (Å²) in [5, 5.41) is 9.90. The fourth-order valence-electron chi connectivity index (χ4n) is 2.75. The standard InChI is InChI=1S/C13H20N6O/c1-2-5-14-8-10-4-3-6-18(10)11-7-12-16-17-13(20)19(12)9-15-11/h7,9-10,14H,2-6,8H2,1H3,(H,17,20). The molecule has 0 aromatic carbocycles.